The van der Waals surface area contributed by atoms with Gasteiger partial charge in [0, 0.05) is 6.20 Å². The zero-order valence-corrected chi connectivity index (χ0v) is 4.83. The maximum Gasteiger partial charge on any atom is 0.219 e. The zero-order valence-electron chi connectivity index (χ0n) is 4.83. The molecule has 0 rings (SSSR count). The molecule has 0 aliphatic heterocycles. The van der Waals surface area contributed by atoms with Crippen molar-refractivity contribution in [3.8, 4) is 0 Å². The summed E-state index contributed by atoms with van der Waals surface area (Å²) in [5.74, 6) is 0.197. The molecule has 0 atom stereocenters. The van der Waals surface area contributed by atoms with Crippen molar-refractivity contribution in [1.29, 1.82) is 0 Å². The van der Waals surface area contributed by atoms with Gasteiger partial charge in [0.1, 0.15) is 0 Å². The van der Waals surface area contributed by atoms with Crippen LogP contribution in [0.25, 0.3) is 0 Å². The normalized spacial score (nSPS) is 12.4. The second-order valence-electron chi connectivity index (χ2n) is 1.13. The Bertz CT molecular complexity index is 124. The summed E-state index contributed by atoms with van der Waals surface area (Å²) in [4.78, 5) is 7.00. The number of rotatable bonds is 1. The third-order valence-electron chi connectivity index (χ3n) is 0.518. The lowest BCUT2D eigenvalue weighted by Crippen LogP contribution is -2.05. The van der Waals surface area contributed by atoms with E-state index in [1.165, 1.54) is 0 Å². The average molecular weight is 111 g/mol. The largest absolute Gasteiger partial charge is 0.368 e. The number of hydrogen-bond acceptors (Lipinski definition) is 1. The number of hydrogen-bond donors (Lipinski definition) is 1. The smallest absolute Gasteiger partial charge is 0.219 e. The SMILES string of the molecule is C=N/C(N)=N\C=C/C. The Morgan fingerprint density at radius 1 is 1.75 bits per heavy atom. The molecule has 0 heterocycles. The third-order valence-corrected chi connectivity index (χ3v) is 0.518. The minimum atomic E-state index is 0.197. The van der Waals surface area contributed by atoms with Crippen LogP contribution >= 0.6 is 0 Å². The summed E-state index contributed by atoms with van der Waals surface area (Å²) in [6.45, 7) is 5.02. The molecule has 44 valence electrons. The van der Waals surface area contributed by atoms with E-state index in [0.29, 0.717) is 0 Å². The molecule has 3 heteroatoms. The van der Waals surface area contributed by atoms with Gasteiger partial charge in [-0.15, -0.1) is 0 Å². The molecule has 0 fully saturated rings. The number of aliphatic imine (C=N–C) groups is 2. The van der Waals surface area contributed by atoms with E-state index in [9.17, 15) is 0 Å². The van der Waals surface area contributed by atoms with Gasteiger partial charge in [-0.1, -0.05) is 6.08 Å². The Labute approximate surface area is 48.6 Å². The number of nitrogens with two attached hydrogens (primary N) is 1. The molecule has 0 aliphatic carbocycles. The third kappa shape index (κ3) is 3.08. The maximum atomic E-state index is 5.13. The van der Waals surface area contributed by atoms with Gasteiger partial charge in [-0.05, 0) is 13.6 Å². The van der Waals surface area contributed by atoms with Gasteiger partial charge in [0.15, 0.2) is 0 Å². The van der Waals surface area contributed by atoms with Crippen molar-refractivity contribution in [3.63, 3.8) is 0 Å². The summed E-state index contributed by atoms with van der Waals surface area (Å²) in [6.07, 6.45) is 3.32. The van der Waals surface area contributed by atoms with Crippen LogP contribution in [0.1, 0.15) is 6.92 Å². The number of allylic oxidation sites excluding steroid dienone is 1. The van der Waals surface area contributed by atoms with Gasteiger partial charge in [0.25, 0.3) is 0 Å². The second-order valence-corrected chi connectivity index (χ2v) is 1.13. The topological polar surface area (TPSA) is 50.7 Å². The van der Waals surface area contributed by atoms with Crippen molar-refractivity contribution < 1.29 is 0 Å². The van der Waals surface area contributed by atoms with Gasteiger partial charge in [-0.25, -0.2) is 9.98 Å². The van der Waals surface area contributed by atoms with Crippen LogP contribution in [0.3, 0.4) is 0 Å². The van der Waals surface area contributed by atoms with Crippen LogP contribution in [0.4, 0.5) is 0 Å². The monoisotopic (exact) mass is 111 g/mol. The van der Waals surface area contributed by atoms with E-state index in [2.05, 4.69) is 16.7 Å². The molecule has 2 N–H and O–H groups in total. The first-order valence-electron chi connectivity index (χ1n) is 2.22. The predicted octanol–water partition coefficient (Wildman–Crippen LogP) is 0.535. The van der Waals surface area contributed by atoms with Crippen LogP contribution < -0.4 is 5.73 Å². The van der Waals surface area contributed by atoms with Crippen LogP contribution in [0.2, 0.25) is 0 Å². The highest BCUT2D eigenvalue weighted by Gasteiger charge is 1.73. The molecule has 0 bridgehead atoms. The lowest BCUT2D eigenvalue weighted by molar-refractivity contribution is 1.42. The summed E-state index contributed by atoms with van der Waals surface area (Å²) in [6, 6.07) is 0. The van der Waals surface area contributed by atoms with E-state index in [1.54, 1.807) is 12.3 Å². The zero-order chi connectivity index (χ0) is 6.41. The minimum absolute atomic E-state index is 0.197. The van der Waals surface area contributed by atoms with Crippen LogP contribution in [-0.4, -0.2) is 12.7 Å². The van der Waals surface area contributed by atoms with E-state index >= 15 is 0 Å². The van der Waals surface area contributed by atoms with Crippen molar-refractivity contribution in [2.45, 2.75) is 6.92 Å². The molecule has 0 spiro atoms. The number of guanidine groups is 1. The molecule has 0 radical (unpaired) electrons. The highest BCUT2D eigenvalue weighted by atomic mass is 15.0. The summed E-state index contributed by atoms with van der Waals surface area (Å²) in [7, 11) is 0. The number of nitrogens with zero attached hydrogens (tertiary/aromatic N) is 2. The molecule has 3 nitrogen and oxygen atoms in total. The first-order chi connectivity index (χ1) is 3.81. The van der Waals surface area contributed by atoms with E-state index in [4.69, 9.17) is 5.73 Å². The van der Waals surface area contributed by atoms with Gasteiger partial charge >= 0.3 is 0 Å². The fourth-order valence-electron chi connectivity index (χ4n) is 0.192. The van der Waals surface area contributed by atoms with E-state index < -0.39 is 0 Å². The molecule has 0 unspecified atom stereocenters. The summed E-state index contributed by atoms with van der Waals surface area (Å²) in [5, 5.41) is 0. The first-order valence-corrected chi connectivity index (χ1v) is 2.22. The Morgan fingerprint density at radius 3 is 2.75 bits per heavy atom. The minimum Gasteiger partial charge on any atom is -0.368 e. The summed E-state index contributed by atoms with van der Waals surface area (Å²) >= 11 is 0. The Morgan fingerprint density at radius 2 is 2.38 bits per heavy atom. The predicted molar refractivity (Wildman–Crippen MR) is 36.0 cm³/mol. The fraction of sp³-hybridized carbons (Fsp3) is 0.200. The lowest BCUT2D eigenvalue weighted by atomic mass is 10.7. The van der Waals surface area contributed by atoms with Crippen molar-refractivity contribution in [3.05, 3.63) is 12.3 Å². The standard InChI is InChI=1S/C5H9N3/c1-3-4-8-5(6)7-2/h3-4H,2H2,1H3,(H2,6,8)/b4-3-. The molecular weight excluding hydrogens is 102 g/mol. The van der Waals surface area contributed by atoms with Gasteiger partial charge in [0.05, 0.1) is 0 Å². The molecule has 0 amide bonds. The highest BCUT2D eigenvalue weighted by Crippen LogP contribution is 1.73. The molecule has 0 aromatic rings. The van der Waals surface area contributed by atoms with E-state index in [1.807, 2.05) is 6.92 Å². The molecule has 0 saturated heterocycles. The fourth-order valence-corrected chi connectivity index (χ4v) is 0.192. The summed E-state index contributed by atoms with van der Waals surface area (Å²) < 4.78 is 0. The van der Waals surface area contributed by atoms with Crippen molar-refractivity contribution in [2.75, 3.05) is 0 Å². The molecular formula is C5H9N3. The first kappa shape index (κ1) is 6.88. The highest BCUT2D eigenvalue weighted by molar-refractivity contribution is 5.82. The van der Waals surface area contributed by atoms with Crippen molar-refractivity contribution >= 4 is 12.7 Å². The van der Waals surface area contributed by atoms with E-state index in [0.717, 1.165) is 0 Å². The van der Waals surface area contributed by atoms with Crippen molar-refractivity contribution in [2.24, 2.45) is 15.7 Å². The van der Waals surface area contributed by atoms with E-state index in [-0.39, 0.29) is 5.96 Å². The van der Waals surface area contributed by atoms with Crippen molar-refractivity contribution in [1.82, 2.24) is 0 Å². The van der Waals surface area contributed by atoms with Gasteiger partial charge < -0.3 is 5.73 Å². The molecule has 0 aromatic carbocycles. The molecule has 0 saturated carbocycles. The average Bonchev–Trinajstić information content (AvgIpc) is 1.83. The molecule has 0 aliphatic rings. The Kier molecular flexibility index (Phi) is 3.48. The molecule has 8 heavy (non-hydrogen) atoms. The lowest BCUT2D eigenvalue weighted by Gasteiger charge is -1.81. The molecule has 0 aromatic heterocycles. The van der Waals surface area contributed by atoms with Gasteiger partial charge in [0.2, 0.25) is 5.96 Å². The maximum absolute atomic E-state index is 5.13. The van der Waals surface area contributed by atoms with Gasteiger partial charge in [-0.2, -0.15) is 0 Å². The van der Waals surface area contributed by atoms with Crippen LogP contribution in [-0.2, 0) is 0 Å². The Hall–Kier alpha value is -1.12. The van der Waals surface area contributed by atoms with Crippen LogP contribution in [0.5, 0.6) is 0 Å². The Balaban J connectivity index is 3.74. The quantitative estimate of drug-likeness (QED) is 0.389. The van der Waals surface area contributed by atoms with Gasteiger partial charge in [-0.3, -0.25) is 0 Å². The summed E-state index contributed by atoms with van der Waals surface area (Å²) in [5.41, 5.74) is 5.13. The van der Waals surface area contributed by atoms with Crippen LogP contribution in [0, 0.1) is 0 Å². The second kappa shape index (κ2) is 4.05. The van der Waals surface area contributed by atoms with Crippen LogP contribution in [0.15, 0.2) is 22.3 Å².